The number of carbonyl (C=O) groups excluding carboxylic acids is 3. The molecule has 0 aromatic heterocycles. The first-order valence-corrected chi connectivity index (χ1v) is 11.0. The van der Waals surface area contributed by atoms with E-state index in [1.807, 2.05) is 0 Å². The maximum absolute atomic E-state index is 13.3. The third-order valence-corrected chi connectivity index (χ3v) is 5.70. The quantitative estimate of drug-likeness (QED) is 0.548. The van der Waals surface area contributed by atoms with Gasteiger partial charge in [-0.2, -0.15) is 0 Å². The lowest BCUT2D eigenvalue weighted by atomic mass is 9.94. The molecule has 32 heavy (non-hydrogen) atoms. The molecule has 2 aliphatic rings. The van der Waals surface area contributed by atoms with E-state index in [4.69, 9.17) is 4.74 Å². The van der Waals surface area contributed by atoms with E-state index in [9.17, 15) is 24.3 Å². The predicted octanol–water partition coefficient (Wildman–Crippen LogP) is 2.37. The van der Waals surface area contributed by atoms with E-state index in [1.54, 1.807) is 46.8 Å². The lowest BCUT2D eigenvalue weighted by Gasteiger charge is -2.33. The molecular formula is C23H35N3O6. The fraction of sp³-hybridized carbons (Fsp3) is 0.652. The van der Waals surface area contributed by atoms with Crippen molar-refractivity contribution in [1.82, 2.24) is 15.5 Å². The number of hydrogen-bond acceptors (Lipinski definition) is 5. The molecule has 1 aliphatic carbocycles. The Morgan fingerprint density at radius 2 is 1.97 bits per heavy atom. The van der Waals surface area contributed by atoms with Gasteiger partial charge in [0.25, 0.3) is 0 Å². The number of carboxylic acids is 1. The van der Waals surface area contributed by atoms with Crippen molar-refractivity contribution in [3.8, 4) is 0 Å². The van der Waals surface area contributed by atoms with Gasteiger partial charge in [0.1, 0.15) is 23.2 Å². The zero-order chi connectivity index (χ0) is 24.3. The molecular weight excluding hydrogens is 414 g/mol. The summed E-state index contributed by atoms with van der Waals surface area (Å²) in [5, 5.41) is 15.1. The molecule has 1 aliphatic heterocycles. The number of alkyl carbamates (subject to hydrolysis) is 1. The number of carbonyl (C=O) groups is 4. The van der Waals surface area contributed by atoms with E-state index in [1.165, 1.54) is 4.90 Å². The van der Waals surface area contributed by atoms with Crippen LogP contribution < -0.4 is 10.6 Å². The van der Waals surface area contributed by atoms with Crippen LogP contribution in [0.3, 0.4) is 0 Å². The average molecular weight is 450 g/mol. The molecule has 0 saturated carbocycles. The first-order valence-electron chi connectivity index (χ1n) is 11.0. The summed E-state index contributed by atoms with van der Waals surface area (Å²) in [4.78, 5) is 52.0. The summed E-state index contributed by atoms with van der Waals surface area (Å²) in [5.41, 5.74) is -1.40. The molecule has 1 fully saturated rings. The van der Waals surface area contributed by atoms with Gasteiger partial charge >= 0.3 is 12.1 Å². The minimum Gasteiger partial charge on any atom is -0.479 e. The van der Waals surface area contributed by atoms with E-state index in [-0.39, 0.29) is 24.7 Å². The molecule has 3 amide bonds. The summed E-state index contributed by atoms with van der Waals surface area (Å²) in [5.74, 6) is -2.25. The summed E-state index contributed by atoms with van der Waals surface area (Å²) in [6.07, 6.45) is 3.96. The Bertz CT molecular complexity index is 813. The number of carboxylic acid groups (broad SMARTS) is 1. The molecule has 3 N–H and O–H groups in total. The third kappa shape index (κ3) is 5.89. The SMILES string of the molecule is C=CC1=CCC(NC(=O)[C@@H]2CCCN2C(=O)[C@@H](NC(=O)OC(C)(C)C)C(C)C)(C(=O)O)C1. The zero-order valence-electron chi connectivity index (χ0n) is 19.6. The van der Waals surface area contributed by atoms with Crippen LogP contribution in [0, 0.1) is 5.92 Å². The lowest BCUT2D eigenvalue weighted by molar-refractivity contribution is -0.149. The second-order valence-electron chi connectivity index (χ2n) is 9.80. The molecule has 0 radical (unpaired) electrons. The highest BCUT2D eigenvalue weighted by Crippen LogP contribution is 2.31. The summed E-state index contributed by atoms with van der Waals surface area (Å²) < 4.78 is 5.28. The molecule has 0 spiro atoms. The van der Waals surface area contributed by atoms with Gasteiger partial charge in [0.15, 0.2) is 0 Å². The van der Waals surface area contributed by atoms with E-state index in [2.05, 4.69) is 17.2 Å². The fourth-order valence-corrected chi connectivity index (χ4v) is 4.01. The normalized spacial score (nSPS) is 24.0. The van der Waals surface area contributed by atoms with Crippen molar-refractivity contribution in [2.24, 2.45) is 5.92 Å². The van der Waals surface area contributed by atoms with E-state index in [0.717, 1.165) is 5.57 Å². The van der Waals surface area contributed by atoms with Crippen LogP contribution in [0.5, 0.6) is 0 Å². The number of amides is 3. The minimum absolute atomic E-state index is 0.146. The molecule has 9 nitrogen and oxygen atoms in total. The van der Waals surface area contributed by atoms with Crippen molar-refractivity contribution in [2.45, 2.75) is 83.5 Å². The first kappa shape index (κ1) is 25.4. The highest BCUT2D eigenvalue weighted by atomic mass is 16.6. The Balaban J connectivity index is 2.14. The van der Waals surface area contributed by atoms with Gasteiger partial charge < -0.3 is 25.4 Å². The van der Waals surface area contributed by atoms with Crippen LogP contribution in [0.4, 0.5) is 4.79 Å². The van der Waals surface area contributed by atoms with Gasteiger partial charge in [-0.05, 0) is 45.1 Å². The summed E-state index contributed by atoms with van der Waals surface area (Å²) in [6.45, 7) is 12.8. The maximum atomic E-state index is 13.3. The Kier molecular flexibility index (Phi) is 7.74. The van der Waals surface area contributed by atoms with Gasteiger partial charge in [0.2, 0.25) is 11.8 Å². The maximum Gasteiger partial charge on any atom is 0.408 e. The molecule has 0 bridgehead atoms. The van der Waals surface area contributed by atoms with Crippen molar-refractivity contribution < 1.29 is 29.0 Å². The number of hydrogen-bond donors (Lipinski definition) is 3. The van der Waals surface area contributed by atoms with E-state index < -0.39 is 41.2 Å². The van der Waals surface area contributed by atoms with Gasteiger partial charge in [-0.15, -0.1) is 0 Å². The van der Waals surface area contributed by atoms with Crippen LogP contribution >= 0.6 is 0 Å². The molecule has 0 aromatic carbocycles. The van der Waals surface area contributed by atoms with Gasteiger partial charge in [0, 0.05) is 19.4 Å². The standard InChI is InChI=1S/C23H35N3O6/c1-7-15-10-11-23(13-15,20(29)30)25-18(27)16-9-8-12-26(16)19(28)17(14(2)3)24-21(31)32-22(4,5)6/h7,10,14,16-17H,1,8-9,11-13H2,2-6H3,(H,24,31)(H,25,27)(H,29,30)/t16-,17-,23?/m0/s1. The van der Waals surface area contributed by atoms with Crippen LogP contribution in [0.25, 0.3) is 0 Å². The zero-order valence-corrected chi connectivity index (χ0v) is 19.6. The second-order valence-corrected chi connectivity index (χ2v) is 9.80. The Hall–Kier alpha value is -2.84. The summed E-state index contributed by atoms with van der Waals surface area (Å²) in [7, 11) is 0. The van der Waals surface area contributed by atoms with Crippen LogP contribution in [0.15, 0.2) is 24.3 Å². The molecule has 178 valence electrons. The molecule has 0 aromatic rings. The summed E-state index contributed by atoms with van der Waals surface area (Å²) in [6, 6.07) is -1.67. The van der Waals surface area contributed by atoms with Gasteiger partial charge in [-0.25, -0.2) is 9.59 Å². The monoisotopic (exact) mass is 449 g/mol. The largest absolute Gasteiger partial charge is 0.479 e. The number of aliphatic carboxylic acids is 1. The molecule has 1 unspecified atom stereocenters. The van der Waals surface area contributed by atoms with Gasteiger partial charge in [-0.1, -0.05) is 32.6 Å². The smallest absolute Gasteiger partial charge is 0.408 e. The number of nitrogens with zero attached hydrogens (tertiary/aromatic N) is 1. The molecule has 2 rings (SSSR count). The summed E-state index contributed by atoms with van der Waals surface area (Å²) >= 11 is 0. The molecule has 1 heterocycles. The average Bonchev–Trinajstić information content (AvgIpc) is 3.31. The van der Waals surface area contributed by atoms with E-state index in [0.29, 0.717) is 19.4 Å². The topological polar surface area (TPSA) is 125 Å². The molecule has 1 saturated heterocycles. The number of rotatable bonds is 7. The van der Waals surface area contributed by atoms with E-state index >= 15 is 0 Å². The highest BCUT2D eigenvalue weighted by molar-refractivity contribution is 5.95. The van der Waals surface area contributed by atoms with Crippen LogP contribution in [0.1, 0.15) is 60.3 Å². The van der Waals surface area contributed by atoms with Gasteiger partial charge in [0.05, 0.1) is 0 Å². The number of likely N-dealkylation sites (tertiary alicyclic amines) is 1. The van der Waals surface area contributed by atoms with Gasteiger partial charge in [-0.3, -0.25) is 9.59 Å². The lowest BCUT2D eigenvalue weighted by Crippen LogP contribution is -2.60. The van der Waals surface area contributed by atoms with Crippen molar-refractivity contribution in [1.29, 1.82) is 0 Å². The van der Waals surface area contributed by atoms with Crippen molar-refractivity contribution in [3.05, 3.63) is 24.3 Å². The predicted molar refractivity (Wildman–Crippen MR) is 119 cm³/mol. The third-order valence-electron chi connectivity index (χ3n) is 5.70. The Morgan fingerprint density at radius 3 is 2.47 bits per heavy atom. The number of allylic oxidation sites excluding steroid dienone is 1. The van der Waals surface area contributed by atoms with Crippen LogP contribution in [-0.4, -0.2) is 63.7 Å². The van der Waals surface area contributed by atoms with Crippen LogP contribution in [-0.2, 0) is 19.1 Å². The highest BCUT2D eigenvalue weighted by Gasteiger charge is 2.46. The van der Waals surface area contributed by atoms with Crippen LogP contribution in [0.2, 0.25) is 0 Å². The molecule has 9 heteroatoms. The fourth-order valence-electron chi connectivity index (χ4n) is 4.01. The van der Waals surface area contributed by atoms with Crippen molar-refractivity contribution in [3.63, 3.8) is 0 Å². The Labute approximate surface area is 189 Å². The van der Waals surface area contributed by atoms with Crippen molar-refractivity contribution in [2.75, 3.05) is 6.54 Å². The Morgan fingerprint density at radius 1 is 1.31 bits per heavy atom. The number of nitrogens with one attached hydrogen (secondary N) is 2. The number of ether oxygens (including phenoxy) is 1. The van der Waals surface area contributed by atoms with Crippen molar-refractivity contribution >= 4 is 23.9 Å². The minimum atomic E-state index is -1.44. The second kappa shape index (κ2) is 9.75. The first-order chi connectivity index (χ1) is 14.8. The molecule has 3 atom stereocenters.